The lowest BCUT2D eigenvalue weighted by atomic mass is 9.95. The average Bonchev–Trinajstić information content (AvgIpc) is 3.36. The van der Waals surface area contributed by atoms with Gasteiger partial charge in [-0.25, -0.2) is 14.6 Å². The molecule has 0 unspecified atom stereocenters. The lowest BCUT2D eigenvalue weighted by Gasteiger charge is -2.30. The molecule has 0 bridgehead atoms. The lowest BCUT2D eigenvalue weighted by Crippen LogP contribution is -2.45. The second kappa shape index (κ2) is 12.2. The van der Waals surface area contributed by atoms with Crippen molar-refractivity contribution in [2.45, 2.75) is 19.9 Å². The predicted molar refractivity (Wildman–Crippen MR) is 143 cm³/mol. The third kappa shape index (κ3) is 6.43. The van der Waals surface area contributed by atoms with Crippen LogP contribution < -0.4 is 20.8 Å². The van der Waals surface area contributed by atoms with E-state index in [-0.39, 0.29) is 19.0 Å². The van der Waals surface area contributed by atoms with E-state index >= 15 is 0 Å². The lowest BCUT2D eigenvalue weighted by molar-refractivity contribution is -0.139. The molecule has 0 saturated heterocycles. The van der Waals surface area contributed by atoms with Gasteiger partial charge in [0.15, 0.2) is 11.7 Å². The van der Waals surface area contributed by atoms with Gasteiger partial charge in [-0.1, -0.05) is 18.2 Å². The summed E-state index contributed by atoms with van der Waals surface area (Å²) in [5.74, 6) is -0.00498. The minimum Gasteiger partial charge on any atom is -0.483 e. The van der Waals surface area contributed by atoms with Crippen LogP contribution in [-0.2, 0) is 14.3 Å². The van der Waals surface area contributed by atoms with Gasteiger partial charge in [-0.05, 0) is 68.5 Å². The normalized spacial score (nSPS) is 15.1. The van der Waals surface area contributed by atoms with Crippen LogP contribution in [0.3, 0.4) is 0 Å². The number of carbonyl (C=O) groups is 2. The Hall–Kier alpha value is -4.51. The van der Waals surface area contributed by atoms with Crippen molar-refractivity contribution in [2.24, 2.45) is 5.10 Å². The van der Waals surface area contributed by atoms with Gasteiger partial charge in [0, 0.05) is 16.8 Å². The maximum absolute atomic E-state index is 13.1. The van der Waals surface area contributed by atoms with Gasteiger partial charge in [-0.15, -0.1) is 0 Å². The average molecular weight is 537 g/mol. The van der Waals surface area contributed by atoms with Crippen molar-refractivity contribution in [1.29, 1.82) is 0 Å². The van der Waals surface area contributed by atoms with Gasteiger partial charge in [0.05, 0.1) is 24.4 Å². The molecule has 1 aliphatic heterocycles. The number of hydrazone groups is 1. The number of benzene rings is 2. The van der Waals surface area contributed by atoms with Gasteiger partial charge < -0.3 is 24.5 Å². The highest BCUT2D eigenvalue weighted by Gasteiger charge is 2.32. The van der Waals surface area contributed by atoms with E-state index in [1.165, 1.54) is 18.3 Å². The molecule has 0 spiro atoms. The first-order chi connectivity index (χ1) is 18.4. The van der Waals surface area contributed by atoms with E-state index in [1.807, 2.05) is 0 Å². The molecule has 2 aromatic carbocycles. The van der Waals surface area contributed by atoms with Crippen molar-refractivity contribution in [3.05, 3.63) is 89.1 Å². The summed E-state index contributed by atoms with van der Waals surface area (Å²) in [6.45, 7) is 3.35. The number of nitrogens with zero attached hydrogens (tertiary/aromatic N) is 1. The Morgan fingerprint density at radius 1 is 1.16 bits per heavy atom. The van der Waals surface area contributed by atoms with Crippen LogP contribution in [0.4, 0.5) is 4.39 Å². The predicted octanol–water partition coefficient (Wildman–Crippen LogP) is 3.97. The summed E-state index contributed by atoms with van der Waals surface area (Å²) >= 11 is 5.28. The molecule has 1 amide bonds. The fraction of sp³-hybridized carbons (Fsp3) is 0.185. The van der Waals surface area contributed by atoms with E-state index in [2.05, 4.69) is 21.2 Å². The number of thiocarbonyl (C=S) groups is 1. The van der Waals surface area contributed by atoms with Gasteiger partial charge in [0.1, 0.15) is 23.1 Å². The van der Waals surface area contributed by atoms with Gasteiger partial charge in [0.25, 0.3) is 5.91 Å². The summed E-state index contributed by atoms with van der Waals surface area (Å²) in [6.07, 6.45) is 1.35. The van der Waals surface area contributed by atoms with Crippen LogP contribution >= 0.6 is 12.2 Å². The molecule has 0 fully saturated rings. The summed E-state index contributed by atoms with van der Waals surface area (Å²) in [6, 6.07) is 15.7. The number of para-hydroxylation sites is 1. The third-order valence-electron chi connectivity index (χ3n) is 5.49. The maximum Gasteiger partial charge on any atom is 0.338 e. The van der Waals surface area contributed by atoms with Crippen LogP contribution in [0.5, 0.6) is 5.75 Å². The molecule has 11 heteroatoms. The zero-order valence-corrected chi connectivity index (χ0v) is 21.4. The number of ether oxygens (including phenoxy) is 2. The molecule has 3 aromatic rings. The Balaban J connectivity index is 1.40. The third-order valence-corrected chi connectivity index (χ3v) is 5.71. The Labute approximate surface area is 223 Å². The first-order valence-corrected chi connectivity index (χ1v) is 12.1. The fourth-order valence-electron chi connectivity index (χ4n) is 3.79. The Morgan fingerprint density at radius 3 is 2.68 bits per heavy atom. The highest BCUT2D eigenvalue weighted by atomic mass is 32.1. The highest BCUT2D eigenvalue weighted by molar-refractivity contribution is 7.80. The first-order valence-electron chi connectivity index (χ1n) is 11.7. The Morgan fingerprint density at radius 2 is 1.92 bits per heavy atom. The van der Waals surface area contributed by atoms with E-state index < -0.39 is 17.9 Å². The first kappa shape index (κ1) is 26.6. The molecule has 4 rings (SSSR count). The number of nitrogens with one attached hydrogen (secondary N) is 3. The number of allylic oxidation sites excluding steroid dienone is 1. The van der Waals surface area contributed by atoms with Crippen molar-refractivity contribution in [2.75, 3.05) is 13.2 Å². The second-order valence-corrected chi connectivity index (χ2v) is 8.53. The van der Waals surface area contributed by atoms with E-state index in [1.54, 1.807) is 62.4 Å². The van der Waals surface area contributed by atoms with Gasteiger partial charge >= 0.3 is 5.97 Å². The molecule has 0 aliphatic carbocycles. The van der Waals surface area contributed by atoms with Crippen LogP contribution in [0.2, 0.25) is 0 Å². The Kier molecular flexibility index (Phi) is 8.49. The molecule has 1 atom stereocenters. The van der Waals surface area contributed by atoms with Crippen LogP contribution in [0.25, 0.3) is 11.3 Å². The van der Waals surface area contributed by atoms with Crippen molar-refractivity contribution in [3.8, 4) is 17.1 Å². The number of furan rings is 1. The van der Waals surface area contributed by atoms with Crippen molar-refractivity contribution in [3.63, 3.8) is 0 Å². The molecular formula is C27H25FN4O5S. The second-order valence-electron chi connectivity index (χ2n) is 8.12. The number of amides is 1. The molecule has 2 heterocycles. The number of hydrogen-bond acceptors (Lipinski definition) is 7. The van der Waals surface area contributed by atoms with Crippen LogP contribution in [0, 0.1) is 5.82 Å². The standard InChI is InChI=1S/C27H25FN4O5S/c1-3-35-26(34)24-16(2)30-27(38)31-25(24)20-6-4-5-7-22(20)36-15-23(33)32-29-14-19-12-13-21(37-19)17-8-10-18(28)11-9-17/h4-14,25H,3,15H2,1-2H3,(H,32,33)(H2,30,31,38)/t25-/m1/s1. The molecule has 38 heavy (non-hydrogen) atoms. The minimum absolute atomic E-state index is 0.219. The monoisotopic (exact) mass is 536 g/mol. The molecule has 1 aromatic heterocycles. The number of halogens is 1. The summed E-state index contributed by atoms with van der Waals surface area (Å²) in [7, 11) is 0. The topological polar surface area (TPSA) is 114 Å². The molecule has 196 valence electrons. The van der Waals surface area contributed by atoms with Crippen LogP contribution in [0.1, 0.15) is 31.2 Å². The number of esters is 1. The van der Waals surface area contributed by atoms with E-state index in [4.69, 9.17) is 26.1 Å². The zero-order chi connectivity index (χ0) is 27.1. The molecule has 0 radical (unpaired) electrons. The maximum atomic E-state index is 13.1. The summed E-state index contributed by atoms with van der Waals surface area (Å²) in [4.78, 5) is 25.0. The summed E-state index contributed by atoms with van der Waals surface area (Å²) in [5.41, 5.74) is 4.64. The summed E-state index contributed by atoms with van der Waals surface area (Å²) < 4.78 is 29.8. The van der Waals surface area contributed by atoms with E-state index in [0.717, 1.165) is 0 Å². The molecular weight excluding hydrogens is 511 g/mol. The molecule has 1 aliphatic rings. The quantitative estimate of drug-likeness (QED) is 0.163. The SMILES string of the molecule is CCOC(=O)C1=C(C)NC(=S)N[C@@H]1c1ccccc1OCC(=O)NN=Cc1ccc(-c2ccc(F)cc2)o1. The van der Waals surface area contributed by atoms with Crippen LogP contribution in [-0.4, -0.2) is 36.4 Å². The van der Waals surface area contributed by atoms with Crippen molar-refractivity contribution < 1.29 is 27.9 Å². The zero-order valence-electron chi connectivity index (χ0n) is 20.6. The minimum atomic E-state index is -0.630. The molecule has 0 saturated carbocycles. The van der Waals surface area contributed by atoms with Crippen LogP contribution in [0.15, 0.2) is 81.5 Å². The van der Waals surface area contributed by atoms with Crippen molar-refractivity contribution in [1.82, 2.24) is 16.1 Å². The van der Waals surface area contributed by atoms with E-state index in [0.29, 0.717) is 44.8 Å². The largest absolute Gasteiger partial charge is 0.483 e. The number of rotatable bonds is 9. The fourth-order valence-corrected chi connectivity index (χ4v) is 4.06. The molecule has 9 nitrogen and oxygen atoms in total. The van der Waals surface area contributed by atoms with Gasteiger partial charge in [-0.2, -0.15) is 5.10 Å². The number of carbonyl (C=O) groups excluding carboxylic acids is 2. The van der Waals surface area contributed by atoms with Crippen molar-refractivity contribution >= 4 is 35.4 Å². The van der Waals surface area contributed by atoms with Gasteiger partial charge in [0.2, 0.25) is 0 Å². The Bertz CT molecular complexity index is 1400. The smallest absolute Gasteiger partial charge is 0.338 e. The van der Waals surface area contributed by atoms with Gasteiger partial charge in [-0.3, -0.25) is 4.79 Å². The van der Waals surface area contributed by atoms with E-state index in [9.17, 15) is 14.0 Å². The highest BCUT2D eigenvalue weighted by Crippen LogP contribution is 2.33. The number of hydrogen-bond donors (Lipinski definition) is 3. The molecule has 3 N–H and O–H groups in total. The summed E-state index contributed by atoms with van der Waals surface area (Å²) in [5, 5.41) is 10.3.